The fraction of sp³-hybridized carbons (Fsp3) is 0.591. The quantitative estimate of drug-likeness (QED) is 0.603. The molecule has 0 radical (unpaired) electrons. The molecule has 1 aliphatic rings. The molecular formula is C22H34FN3. The lowest BCUT2D eigenvalue weighted by molar-refractivity contribution is 0.375. The fourth-order valence-electron chi connectivity index (χ4n) is 3.47. The van der Waals surface area contributed by atoms with Gasteiger partial charge in [0.1, 0.15) is 6.17 Å². The Morgan fingerprint density at radius 2 is 1.85 bits per heavy atom. The molecule has 2 aromatic rings. The summed E-state index contributed by atoms with van der Waals surface area (Å²) in [6.45, 7) is 7.11. The normalized spacial score (nSPS) is 14.5. The Hall–Kier alpha value is -1.84. The van der Waals surface area contributed by atoms with Gasteiger partial charge in [-0.1, -0.05) is 39.5 Å². The molecule has 1 aliphatic heterocycles. The second kappa shape index (κ2) is 9.75. The van der Waals surface area contributed by atoms with Crippen LogP contribution in [0.5, 0.6) is 0 Å². The summed E-state index contributed by atoms with van der Waals surface area (Å²) in [5.41, 5.74) is 5.20. The van der Waals surface area contributed by atoms with E-state index in [-0.39, 0.29) is 0 Å². The molecule has 0 saturated heterocycles. The van der Waals surface area contributed by atoms with Crippen molar-refractivity contribution in [3.05, 3.63) is 35.7 Å². The summed E-state index contributed by atoms with van der Waals surface area (Å²) in [6, 6.07) is 4.16. The lowest BCUT2D eigenvalue weighted by Crippen LogP contribution is -2.25. The first-order valence-corrected chi connectivity index (χ1v) is 9.98. The van der Waals surface area contributed by atoms with Crippen molar-refractivity contribution >= 4 is 5.69 Å². The van der Waals surface area contributed by atoms with Crippen LogP contribution in [0.25, 0.3) is 11.1 Å². The number of hydrogen-bond donors (Lipinski definition) is 0. The second-order valence-electron chi connectivity index (χ2n) is 7.32. The number of halogens is 1. The predicted octanol–water partition coefficient (Wildman–Crippen LogP) is 6.09. The standard InChI is InChI=1S/C16H20FN3.C6H14/c1-11(17)14-8-16-12(5-4-6-19(16)2)7-15(14)13-9-18-20(3)10-13;1-3-5-6-4-2/h7-11H,4-6H2,1-3H3;3-6H2,1-2H3. The van der Waals surface area contributed by atoms with Crippen molar-refractivity contribution in [1.82, 2.24) is 9.78 Å². The zero-order valence-corrected chi connectivity index (χ0v) is 17.1. The number of nitrogens with zero attached hydrogens (tertiary/aromatic N) is 3. The second-order valence-corrected chi connectivity index (χ2v) is 7.32. The molecule has 1 aromatic heterocycles. The molecule has 0 fully saturated rings. The van der Waals surface area contributed by atoms with Gasteiger partial charge in [-0.3, -0.25) is 4.68 Å². The van der Waals surface area contributed by atoms with Crippen molar-refractivity contribution < 1.29 is 4.39 Å². The summed E-state index contributed by atoms with van der Waals surface area (Å²) in [5, 5.41) is 4.20. The first-order valence-electron chi connectivity index (χ1n) is 9.98. The van der Waals surface area contributed by atoms with Gasteiger partial charge in [0.25, 0.3) is 0 Å². The molecule has 3 nitrogen and oxygen atoms in total. The Morgan fingerprint density at radius 3 is 2.38 bits per heavy atom. The number of aromatic nitrogens is 2. The average molecular weight is 360 g/mol. The van der Waals surface area contributed by atoms with Crippen LogP contribution in [0.15, 0.2) is 24.5 Å². The zero-order valence-electron chi connectivity index (χ0n) is 17.1. The summed E-state index contributed by atoms with van der Waals surface area (Å²) in [4.78, 5) is 2.22. The first-order chi connectivity index (χ1) is 12.5. The molecule has 26 heavy (non-hydrogen) atoms. The molecule has 1 aromatic carbocycles. The van der Waals surface area contributed by atoms with Crippen LogP contribution >= 0.6 is 0 Å². The van der Waals surface area contributed by atoms with Gasteiger partial charge >= 0.3 is 0 Å². The van der Waals surface area contributed by atoms with Crippen molar-refractivity contribution in [2.75, 3.05) is 18.5 Å². The van der Waals surface area contributed by atoms with Gasteiger partial charge in [0.2, 0.25) is 0 Å². The van der Waals surface area contributed by atoms with Crippen LogP contribution in [0.3, 0.4) is 0 Å². The molecule has 0 spiro atoms. The van der Waals surface area contributed by atoms with E-state index in [2.05, 4.69) is 37.0 Å². The summed E-state index contributed by atoms with van der Waals surface area (Å²) < 4.78 is 15.8. The molecule has 2 heterocycles. The van der Waals surface area contributed by atoms with Crippen LogP contribution in [0.4, 0.5) is 10.1 Å². The monoisotopic (exact) mass is 359 g/mol. The first kappa shape index (κ1) is 20.5. The van der Waals surface area contributed by atoms with E-state index in [1.165, 1.54) is 36.9 Å². The topological polar surface area (TPSA) is 21.1 Å². The number of benzene rings is 1. The highest BCUT2D eigenvalue weighted by Crippen LogP contribution is 2.37. The molecule has 1 atom stereocenters. The number of anilines is 1. The minimum absolute atomic E-state index is 0.755. The van der Waals surface area contributed by atoms with Gasteiger partial charge in [-0.05, 0) is 48.6 Å². The molecule has 0 bridgehead atoms. The van der Waals surface area contributed by atoms with Crippen LogP contribution in [0.2, 0.25) is 0 Å². The number of aryl methyl sites for hydroxylation is 2. The Labute approximate surface area is 158 Å². The largest absolute Gasteiger partial charge is 0.374 e. The molecule has 144 valence electrons. The highest BCUT2D eigenvalue weighted by Gasteiger charge is 2.20. The number of hydrogen-bond acceptors (Lipinski definition) is 2. The number of rotatable bonds is 5. The third kappa shape index (κ3) is 5.09. The maximum Gasteiger partial charge on any atom is 0.123 e. The molecule has 4 heteroatoms. The average Bonchev–Trinajstić information content (AvgIpc) is 3.06. The molecule has 0 saturated carbocycles. The molecular weight excluding hydrogens is 325 g/mol. The van der Waals surface area contributed by atoms with Crippen molar-refractivity contribution in [2.45, 2.75) is 65.5 Å². The van der Waals surface area contributed by atoms with Crippen LogP contribution in [-0.2, 0) is 13.5 Å². The number of unbranched alkanes of at least 4 members (excludes halogenated alkanes) is 3. The van der Waals surface area contributed by atoms with Crippen LogP contribution in [-0.4, -0.2) is 23.4 Å². The Morgan fingerprint density at radius 1 is 1.15 bits per heavy atom. The Kier molecular flexibility index (Phi) is 7.67. The van der Waals surface area contributed by atoms with Gasteiger partial charge in [-0.25, -0.2) is 4.39 Å². The Balaban J connectivity index is 0.000000352. The van der Waals surface area contributed by atoms with Crippen LogP contribution < -0.4 is 4.90 Å². The summed E-state index contributed by atoms with van der Waals surface area (Å²) in [7, 11) is 3.96. The van der Waals surface area contributed by atoms with Gasteiger partial charge in [0.05, 0.1) is 6.20 Å². The summed E-state index contributed by atoms with van der Waals surface area (Å²) in [6.07, 6.45) is 10.5. The van der Waals surface area contributed by atoms with E-state index in [9.17, 15) is 4.39 Å². The van der Waals surface area contributed by atoms with Crippen molar-refractivity contribution in [3.63, 3.8) is 0 Å². The van der Waals surface area contributed by atoms with Gasteiger partial charge in [-0.2, -0.15) is 5.10 Å². The molecule has 1 unspecified atom stereocenters. The minimum atomic E-state index is -0.981. The third-order valence-corrected chi connectivity index (χ3v) is 5.00. The summed E-state index contributed by atoms with van der Waals surface area (Å²) in [5.74, 6) is 0. The molecule has 0 aliphatic carbocycles. The summed E-state index contributed by atoms with van der Waals surface area (Å²) >= 11 is 0. The van der Waals surface area contributed by atoms with E-state index in [0.29, 0.717) is 0 Å². The van der Waals surface area contributed by atoms with Gasteiger partial charge < -0.3 is 4.90 Å². The van der Waals surface area contributed by atoms with Crippen molar-refractivity contribution in [1.29, 1.82) is 0 Å². The maximum atomic E-state index is 14.0. The number of fused-ring (bicyclic) bond motifs is 1. The smallest absolute Gasteiger partial charge is 0.123 e. The van der Waals surface area contributed by atoms with Crippen LogP contribution in [0.1, 0.15) is 70.2 Å². The number of alkyl halides is 1. The van der Waals surface area contributed by atoms with E-state index in [1.54, 1.807) is 17.8 Å². The zero-order chi connectivity index (χ0) is 19.1. The van der Waals surface area contributed by atoms with Crippen LogP contribution in [0, 0.1) is 0 Å². The lowest BCUT2D eigenvalue weighted by Gasteiger charge is -2.29. The maximum absolute atomic E-state index is 14.0. The van der Waals surface area contributed by atoms with E-state index < -0.39 is 6.17 Å². The molecule has 3 rings (SSSR count). The van der Waals surface area contributed by atoms with E-state index >= 15 is 0 Å². The SMILES string of the molecule is CC(F)c1cc2c(cc1-c1cnn(C)c1)CCCN2C.CCCCCC. The third-order valence-electron chi connectivity index (χ3n) is 5.00. The highest BCUT2D eigenvalue weighted by molar-refractivity contribution is 5.73. The van der Waals surface area contributed by atoms with Crippen molar-refractivity contribution in [2.24, 2.45) is 7.05 Å². The van der Waals surface area contributed by atoms with E-state index in [4.69, 9.17) is 0 Å². The lowest BCUT2D eigenvalue weighted by atomic mass is 9.92. The van der Waals surface area contributed by atoms with E-state index in [0.717, 1.165) is 36.1 Å². The van der Waals surface area contributed by atoms with E-state index in [1.807, 2.05) is 19.3 Å². The Bertz CT molecular complexity index is 687. The highest BCUT2D eigenvalue weighted by atomic mass is 19.1. The predicted molar refractivity (Wildman–Crippen MR) is 110 cm³/mol. The van der Waals surface area contributed by atoms with Gasteiger partial charge in [-0.15, -0.1) is 0 Å². The van der Waals surface area contributed by atoms with Gasteiger partial charge in [0.15, 0.2) is 0 Å². The van der Waals surface area contributed by atoms with Crippen molar-refractivity contribution in [3.8, 4) is 11.1 Å². The van der Waals surface area contributed by atoms with Gasteiger partial charge in [0, 0.05) is 38.1 Å². The molecule has 0 amide bonds. The molecule has 0 N–H and O–H groups in total. The minimum Gasteiger partial charge on any atom is -0.374 e. The fourth-order valence-corrected chi connectivity index (χ4v) is 3.47.